The number of carbonyl (C=O) groups is 1. The molecule has 2 aromatic heterocycles. The standard InChI is InChI=1S/C19H20N4O3S2/c1-2-23(10-13-11-25-14-6-3-4-7-15(14)26-13)17(24)12-28-19-20-18(21-22-19)16-8-5-9-27-16/h3-9,13H,2,10-12H2,1H3,(H,20,21,22)/t13-/m0/s1. The molecule has 28 heavy (non-hydrogen) atoms. The number of thiophene rings is 1. The van der Waals surface area contributed by atoms with Crippen LogP contribution in [0.3, 0.4) is 0 Å². The smallest absolute Gasteiger partial charge is 0.233 e. The molecule has 1 atom stereocenters. The van der Waals surface area contributed by atoms with Gasteiger partial charge in [-0.1, -0.05) is 30.0 Å². The van der Waals surface area contributed by atoms with E-state index in [2.05, 4.69) is 15.2 Å². The number of benzene rings is 1. The molecule has 146 valence electrons. The van der Waals surface area contributed by atoms with Gasteiger partial charge in [0.1, 0.15) is 6.61 Å². The summed E-state index contributed by atoms with van der Waals surface area (Å²) in [5.41, 5.74) is 0. The third kappa shape index (κ3) is 4.31. The Labute approximate surface area is 171 Å². The fraction of sp³-hybridized carbons (Fsp3) is 0.316. The van der Waals surface area contributed by atoms with Crippen LogP contribution in [0.5, 0.6) is 11.5 Å². The largest absolute Gasteiger partial charge is 0.486 e. The molecule has 1 amide bonds. The maximum absolute atomic E-state index is 12.6. The Morgan fingerprint density at radius 1 is 1.32 bits per heavy atom. The minimum absolute atomic E-state index is 0.0254. The number of fused-ring (bicyclic) bond motifs is 1. The van der Waals surface area contributed by atoms with Gasteiger partial charge in [-0.05, 0) is 30.5 Å². The molecule has 1 aliphatic rings. The van der Waals surface area contributed by atoms with Crippen molar-refractivity contribution in [3.05, 3.63) is 41.8 Å². The second-order valence-corrected chi connectivity index (χ2v) is 8.05. The van der Waals surface area contributed by atoms with Crippen LogP contribution in [-0.4, -0.2) is 57.5 Å². The summed E-state index contributed by atoms with van der Waals surface area (Å²) in [6.07, 6.45) is -0.183. The molecule has 0 bridgehead atoms. The third-order valence-electron chi connectivity index (χ3n) is 4.27. The van der Waals surface area contributed by atoms with Crippen LogP contribution in [0.25, 0.3) is 10.7 Å². The van der Waals surface area contributed by atoms with Crippen molar-refractivity contribution in [2.45, 2.75) is 18.2 Å². The molecule has 1 aliphatic heterocycles. The van der Waals surface area contributed by atoms with Crippen LogP contribution in [0.2, 0.25) is 0 Å². The lowest BCUT2D eigenvalue weighted by atomic mass is 10.2. The van der Waals surface area contributed by atoms with Crippen molar-refractivity contribution in [3.63, 3.8) is 0 Å². The number of rotatable bonds is 7. The van der Waals surface area contributed by atoms with E-state index in [1.807, 2.05) is 48.7 Å². The molecule has 1 aromatic carbocycles. The van der Waals surface area contributed by atoms with Crippen molar-refractivity contribution in [2.75, 3.05) is 25.4 Å². The molecule has 4 rings (SSSR count). The summed E-state index contributed by atoms with van der Waals surface area (Å²) in [5.74, 6) is 2.49. The van der Waals surface area contributed by atoms with E-state index in [1.165, 1.54) is 11.8 Å². The number of hydrogen-bond donors (Lipinski definition) is 1. The van der Waals surface area contributed by atoms with Crippen molar-refractivity contribution in [3.8, 4) is 22.2 Å². The van der Waals surface area contributed by atoms with E-state index in [4.69, 9.17) is 9.47 Å². The number of H-pyrrole nitrogens is 1. The van der Waals surface area contributed by atoms with Crippen molar-refractivity contribution in [2.24, 2.45) is 0 Å². The summed E-state index contributed by atoms with van der Waals surface area (Å²) in [7, 11) is 0. The van der Waals surface area contributed by atoms with Crippen molar-refractivity contribution >= 4 is 29.0 Å². The number of amides is 1. The molecular weight excluding hydrogens is 396 g/mol. The Hall–Kier alpha value is -2.52. The van der Waals surface area contributed by atoms with Crippen molar-refractivity contribution < 1.29 is 14.3 Å². The number of aromatic nitrogens is 3. The average Bonchev–Trinajstić information content (AvgIpc) is 3.41. The van der Waals surface area contributed by atoms with Crippen molar-refractivity contribution in [1.82, 2.24) is 20.1 Å². The first-order valence-corrected chi connectivity index (χ1v) is 10.8. The number of nitrogens with one attached hydrogen (secondary N) is 1. The predicted molar refractivity (Wildman–Crippen MR) is 109 cm³/mol. The lowest BCUT2D eigenvalue weighted by Crippen LogP contribution is -2.44. The normalized spacial score (nSPS) is 15.4. The molecule has 0 fully saturated rings. The number of ether oxygens (including phenoxy) is 2. The molecular formula is C19H20N4O3S2. The fourth-order valence-electron chi connectivity index (χ4n) is 2.86. The molecule has 3 heterocycles. The Morgan fingerprint density at radius 3 is 2.96 bits per heavy atom. The second kappa shape index (κ2) is 8.66. The van der Waals surface area contributed by atoms with Crippen LogP contribution < -0.4 is 9.47 Å². The van der Waals surface area contributed by atoms with Gasteiger partial charge in [-0.2, -0.15) is 0 Å². The molecule has 0 radical (unpaired) electrons. The predicted octanol–water partition coefficient (Wildman–Crippen LogP) is 3.31. The SMILES string of the molecule is CCN(C[C@H]1COc2ccccc2O1)C(=O)CSc1n[nH]c(-c2cccs2)n1. The van der Waals surface area contributed by atoms with Gasteiger partial charge in [0, 0.05) is 6.54 Å². The minimum Gasteiger partial charge on any atom is -0.486 e. The number of nitrogens with zero attached hydrogens (tertiary/aromatic N) is 3. The molecule has 7 nitrogen and oxygen atoms in total. The van der Waals surface area contributed by atoms with Gasteiger partial charge in [0.15, 0.2) is 23.4 Å². The van der Waals surface area contributed by atoms with Gasteiger partial charge in [-0.3, -0.25) is 9.89 Å². The Morgan fingerprint density at radius 2 is 2.18 bits per heavy atom. The number of carbonyl (C=O) groups excluding carboxylic acids is 1. The van der Waals surface area contributed by atoms with Gasteiger partial charge in [0.2, 0.25) is 11.1 Å². The fourth-order valence-corrected chi connectivity index (χ4v) is 4.22. The molecule has 3 aromatic rings. The second-order valence-electron chi connectivity index (χ2n) is 6.16. The highest BCUT2D eigenvalue weighted by Crippen LogP contribution is 2.31. The van der Waals surface area contributed by atoms with Crippen LogP contribution in [0.15, 0.2) is 46.9 Å². The molecule has 0 spiro atoms. The summed E-state index contributed by atoms with van der Waals surface area (Å²) in [5, 5.41) is 9.66. The number of hydrogen-bond acceptors (Lipinski definition) is 7. The van der Waals surface area contributed by atoms with Gasteiger partial charge >= 0.3 is 0 Å². The van der Waals surface area contributed by atoms with E-state index in [0.29, 0.717) is 24.9 Å². The minimum atomic E-state index is -0.183. The third-order valence-corrected chi connectivity index (χ3v) is 5.98. The Kier molecular flexibility index (Phi) is 5.82. The van der Waals surface area contributed by atoms with Crippen molar-refractivity contribution in [1.29, 1.82) is 0 Å². The summed E-state index contributed by atoms with van der Waals surface area (Å²) in [6.45, 7) is 3.48. The van der Waals surface area contributed by atoms with Crippen LogP contribution in [-0.2, 0) is 4.79 Å². The summed E-state index contributed by atoms with van der Waals surface area (Å²) < 4.78 is 11.7. The molecule has 0 unspecified atom stereocenters. The lowest BCUT2D eigenvalue weighted by Gasteiger charge is -2.30. The van der Waals surface area contributed by atoms with Crippen LogP contribution >= 0.6 is 23.1 Å². The Balaban J connectivity index is 1.31. The van der Waals surface area contributed by atoms with Crippen LogP contribution in [0, 0.1) is 0 Å². The summed E-state index contributed by atoms with van der Waals surface area (Å²) >= 11 is 2.92. The summed E-state index contributed by atoms with van der Waals surface area (Å²) in [4.78, 5) is 19.9. The highest BCUT2D eigenvalue weighted by Gasteiger charge is 2.25. The quantitative estimate of drug-likeness (QED) is 0.595. The van der Waals surface area contributed by atoms with Crippen LogP contribution in [0.4, 0.5) is 0 Å². The van der Waals surface area contributed by atoms with Gasteiger partial charge in [-0.25, -0.2) is 4.98 Å². The summed E-state index contributed by atoms with van der Waals surface area (Å²) in [6, 6.07) is 11.5. The first-order chi connectivity index (χ1) is 13.7. The maximum Gasteiger partial charge on any atom is 0.233 e. The number of para-hydroxylation sites is 2. The molecule has 0 aliphatic carbocycles. The molecule has 1 N–H and O–H groups in total. The zero-order chi connectivity index (χ0) is 19.3. The average molecular weight is 417 g/mol. The number of likely N-dealkylation sites (N-methyl/N-ethyl adjacent to an activating group) is 1. The van der Waals surface area contributed by atoms with E-state index in [1.54, 1.807) is 16.2 Å². The van der Waals surface area contributed by atoms with E-state index in [0.717, 1.165) is 22.2 Å². The highest BCUT2D eigenvalue weighted by molar-refractivity contribution is 7.99. The number of aromatic amines is 1. The zero-order valence-corrected chi connectivity index (χ0v) is 17.0. The first kappa shape index (κ1) is 18.8. The van der Waals surface area contributed by atoms with Gasteiger partial charge in [-0.15, -0.1) is 16.4 Å². The topological polar surface area (TPSA) is 80.3 Å². The first-order valence-electron chi connectivity index (χ1n) is 8.98. The zero-order valence-electron chi connectivity index (χ0n) is 15.3. The van der Waals surface area contributed by atoms with Crippen LogP contribution in [0.1, 0.15) is 6.92 Å². The van der Waals surface area contributed by atoms with E-state index < -0.39 is 0 Å². The maximum atomic E-state index is 12.6. The van der Waals surface area contributed by atoms with E-state index in [9.17, 15) is 4.79 Å². The molecule has 9 heteroatoms. The van der Waals surface area contributed by atoms with Gasteiger partial charge in [0.25, 0.3) is 0 Å². The van der Waals surface area contributed by atoms with E-state index >= 15 is 0 Å². The number of thioether (sulfide) groups is 1. The van der Waals surface area contributed by atoms with E-state index in [-0.39, 0.29) is 17.8 Å². The monoisotopic (exact) mass is 416 g/mol. The van der Waals surface area contributed by atoms with Gasteiger partial charge < -0.3 is 14.4 Å². The Bertz CT molecular complexity index is 929. The lowest BCUT2D eigenvalue weighted by molar-refractivity contribution is -0.129. The molecule has 0 saturated heterocycles. The van der Waals surface area contributed by atoms with Gasteiger partial charge in [0.05, 0.1) is 17.2 Å². The molecule has 0 saturated carbocycles. The highest BCUT2D eigenvalue weighted by atomic mass is 32.2.